The van der Waals surface area contributed by atoms with Crippen LogP contribution in [-0.2, 0) is 9.59 Å². The van der Waals surface area contributed by atoms with E-state index >= 15 is 0 Å². The fourth-order valence-electron chi connectivity index (χ4n) is 1.82. The third-order valence-corrected chi connectivity index (χ3v) is 3.05. The number of benzene rings is 2. The summed E-state index contributed by atoms with van der Waals surface area (Å²) >= 11 is 0. The van der Waals surface area contributed by atoms with E-state index in [1.54, 1.807) is 36.4 Å². The molecule has 0 fully saturated rings. The number of ether oxygens (including phenoxy) is 1. The molecule has 0 spiro atoms. The van der Waals surface area contributed by atoms with Crippen molar-refractivity contribution in [2.45, 2.75) is 13.8 Å². The maximum Gasteiger partial charge on any atom is 0.262 e. The summed E-state index contributed by atoms with van der Waals surface area (Å²) in [6.07, 6.45) is 0. The molecule has 0 aliphatic rings. The lowest BCUT2D eigenvalue weighted by atomic mass is 10.2. The van der Waals surface area contributed by atoms with Gasteiger partial charge in [-0.05, 0) is 24.3 Å². The monoisotopic (exact) mass is 312 g/mol. The Morgan fingerprint density at radius 2 is 1.65 bits per heavy atom. The Morgan fingerprint density at radius 1 is 0.957 bits per heavy atom. The quantitative estimate of drug-likeness (QED) is 0.860. The highest BCUT2D eigenvalue weighted by Crippen LogP contribution is 2.18. The normalized spacial score (nSPS) is 10.2. The molecule has 2 aromatic rings. The molecule has 0 radical (unpaired) electrons. The van der Waals surface area contributed by atoms with Crippen LogP contribution in [0.2, 0.25) is 0 Å². The Morgan fingerprint density at radius 3 is 2.35 bits per heavy atom. The van der Waals surface area contributed by atoms with E-state index in [4.69, 9.17) is 4.74 Å². The van der Waals surface area contributed by atoms with E-state index in [0.29, 0.717) is 11.4 Å². The summed E-state index contributed by atoms with van der Waals surface area (Å²) in [5.41, 5.74) is 1.36. The molecule has 0 bridgehead atoms. The van der Waals surface area contributed by atoms with E-state index in [2.05, 4.69) is 10.6 Å². The molecule has 0 aliphatic carbocycles. The van der Waals surface area contributed by atoms with Gasteiger partial charge < -0.3 is 15.4 Å². The van der Waals surface area contributed by atoms with Crippen molar-refractivity contribution in [1.82, 2.24) is 0 Å². The first-order chi connectivity index (χ1) is 11.0. The molecule has 2 aromatic carbocycles. The molecule has 0 heterocycles. The van der Waals surface area contributed by atoms with Gasteiger partial charge in [0.15, 0.2) is 6.61 Å². The molecular weight excluding hydrogens is 292 g/mol. The summed E-state index contributed by atoms with van der Waals surface area (Å²) in [6, 6.07) is 16.1. The number of nitrogens with one attached hydrogen (secondary N) is 2. The maximum absolute atomic E-state index is 11.8. The van der Waals surface area contributed by atoms with Gasteiger partial charge in [-0.15, -0.1) is 0 Å². The second kappa shape index (κ2) is 7.98. The van der Waals surface area contributed by atoms with Crippen LogP contribution >= 0.6 is 0 Å². The van der Waals surface area contributed by atoms with Crippen molar-refractivity contribution in [2.24, 2.45) is 5.92 Å². The zero-order valence-electron chi connectivity index (χ0n) is 13.2. The number of hydrogen-bond donors (Lipinski definition) is 2. The van der Waals surface area contributed by atoms with E-state index < -0.39 is 0 Å². The van der Waals surface area contributed by atoms with Crippen LogP contribution in [0.3, 0.4) is 0 Å². The zero-order valence-corrected chi connectivity index (χ0v) is 13.2. The average Bonchev–Trinajstić information content (AvgIpc) is 2.54. The molecule has 5 heteroatoms. The van der Waals surface area contributed by atoms with Gasteiger partial charge in [0.1, 0.15) is 5.75 Å². The van der Waals surface area contributed by atoms with E-state index in [9.17, 15) is 9.59 Å². The molecule has 0 aliphatic heterocycles. The third kappa shape index (κ3) is 5.47. The van der Waals surface area contributed by atoms with Gasteiger partial charge in [0.2, 0.25) is 5.91 Å². The topological polar surface area (TPSA) is 67.4 Å². The van der Waals surface area contributed by atoms with Crippen molar-refractivity contribution in [2.75, 3.05) is 17.2 Å². The first kappa shape index (κ1) is 16.5. The lowest BCUT2D eigenvalue weighted by Gasteiger charge is -2.10. The third-order valence-electron chi connectivity index (χ3n) is 3.05. The van der Waals surface area contributed by atoms with Crippen LogP contribution in [0.1, 0.15) is 13.8 Å². The molecule has 2 rings (SSSR count). The van der Waals surface area contributed by atoms with Crippen LogP contribution in [0.15, 0.2) is 54.6 Å². The van der Waals surface area contributed by atoms with Gasteiger partial charge in [-0.2, -0.15) is 0 Å². The standard InChI is InChI=1S/C18H20N2O3/c1-13(2)18(22)20-15-9-6-10-16(11-15)23-12-17(21)19-14-7-4-3-5-8-14/h3-11,13H,12H2,1-2H3,(H,19,21)(H,20,22). The fraction of sp³-hybridized carbons (Fsp3) is 0.222. The molecule has 0 saturated carbocycles. The van der Waals surface area contributed by atoms with Crippen molar-refractivity contribution in [3.8, 4) is 5.75 Å². The number of carbonyl (C=O) groups is 2. The number of carbonyl (C=O) groups excluding carboxylic acids is 2. The first-order valence-corrected chi connectivity index (χ1v) is 7.43. The molecule has 120 valence electrons. The van der Waals surface area contributed by atoms with E-state index in [1.807, 2.05) is 32.0 Å². The number of amides is 2. The summed E-state index contributed by atoms with van der Waals surface area (Å²) in [4.78, 5) is 23.5. The van der Waals surface area contributed by atoms with Crippen LogP contribution in [0.25, 0.3) is 0 Å². The smallest absolute Gasteiger partial charge is 0.262 e. The molecule has 0 atom stereocenters. The van der Waals surface area contributed by atoms with Crippen LogP contribution in [0.5, 0.6) is 5.75 Å². The summed E-state index contributed by atoms with van der Waals surface area (Å²) < 4.78 is 5.46. The summed E-state index contributed by atoms with van der Waals surface area (Å²) in [5, 5.41) is 5.53. The molecule has 0 aromatic heterocycles. The predicted octanol–water partition coefficient (Wildman–Crippen LogP) is 3.30. The van der Waals surface area contributed by atoms with E-state index in [1.165, 1.54) is 0 Å². The average molecular weight is 312 g/mol. The van der Waals surface area contributed by atoms with Gasteiger partial charge in [-0.3, -0.25) is 9.59 Å². The van der Waals surface area contributed by atoms with Gasteiger partial charge >= 0.3 is 0 Å². The molecular formula is C18H20N2O3. The lowest BCUT2D eigenvalue weighted by molar-refractivity contribution is -0.119. The molecule has 2 amide bonds. The highest BCUT2D eigenvalue weighted by atomic mass is 16.5. The van der Waals surface area contributed by atoms with Gasteiger partial charge in [0, 0.05) is 23.4 Å². The van der Waals surface area contributed by atoms with Crippen molar-refractivity contribution in [3.05, 3.63) is 54.6 Å². The molecule has 23 heavy (non-hydrogen) atoms. The fourth-order valence-corrected chi connectivity index (χ4v) is 1.82. The van der Waals surface area contributed by atoms with Crippen LogP contribution in [0, 0.1) is 5.92 Å². The highest BCUT2D eigenvalue weighted by Gasteiger charge is 2.08. The van der Waals surface area contributed by atoms with Crippen LogP contribution in [0.4, 0.5) is 11.4 Å². The summed E-state index contributed by atoms with van der Waals surface area (Å²) in [5.74, 6) is 0.114. The Balaban J connectivity index is 1.88. The minimum Gasteiger partial charge on any atom is -0.484 e. The maximum atomic E-state index is 11.8. The van der Waals surface area contributed by atoms with Crippen molar-refractivity contribution in [1.29, 1.82) is 0 Å². The second-order valence-corrected chi connectivity index (χ2v) is 5.37. The minimum atomic E-state index is -0.243. The Labute approximate surface area is 135 Å². The van der Waals surface area contributed by atoms with Crippen molar-refractivity contribution >= 4 is 23.2 Å². The van der Waals surface area contributed by atoms with Crippen LogP contribution in [-0.4, -0.2) is 18.4 Å². The summed E-state index contributed by atoms with van der Waals surface area (Å²) in [6.45, 7) is 3.55. The Bertz CT molecular complexity index is 669. The second-order valence-electron chi connectivity index (χ2n) is 5.37. The Hall–Kier alpha value is -2.82. The largest absolute Gasteiger partial charge is 0.484 e. The first-order valence-electron chi connectivity index (χ1n) is 7.43. The molecule has 2 N–H and O–H groups in total. The van der Waals surface area contributed by atoms with E-state index in [-0.39, 0.29) is 24.3 Å². The number of rotatable bonds is 6. The molecule has 0 saturated heterocycles. The predicted molar refractivity (Wildman–Crippen MR) is 90.5 cm³/mol. The van der Waals surface area contributed by atoms with Crippen molar-refractivity contribution in [3.63, 3.8) is 0 Å². The van der Waals surface area contributed by atoms with Crippen LogP contribution < -0.4 is 15.4 Å². The summed E-state index contributed by atoms with van der Waals surface area (Å²) in [7, 11) is 0. The van der Waals surface area contributed by atoms with Gasteiger partial charge in [0.05, 0.1) is 0 Å². The number of para-hydroxylation sites is 1. The number of anilines is 2. The van der Waals surface area contributed by atoms with Crippen molar-refractivity contribution < 1.29 is 14.3 Å². The SMILES string of the molecule is CC(C)C(=O)Nc1cccc(OCC(=O)Nc2ccccc2)c1. The van der Waals surface area contributed by atoms with Gasteiger partial charge in [-0.1, -0.05) is 38.1 Å². The molecule has 0 unspecified atom stereocenters. The molecule has 5 nitrogen and oxygen atoms in total. The lowest BCUT2D eigenvalue weighted by Crippen LogP contribution is -2.20. The Kier molecular flexibility index (Phi) is 5.74. The van der Waals surface area contributed by atoms with Gasteiger partial charge in [-0.25, -0.2) is 0 Å². The highest BCUT2D eigenvalue weighted by molar-refractivity contribution is 5.92. The van der Waals surface area contributed by atoms with Gasteiger partial charge in [0.25, 0.3) is 5.91 Å². The number of hydrogen-bond acceptors (Lipinski definition) is 3. The van der Waals surface area contributed by atoms with E-state index in [0.717, 1.165) is 5.69 Å². The zero-order chi connectivity index (χ0) is 16.7. The minimum absolute atomic E-state index is 0.0658.